The molecule has 0 radical (unpaired) electrons. The molecule has 1 N–H and O–H groups in total. The van der Waals surface area contributed by atoms with Crippen LogP contribution in [0.1, 0.15) is 23.4 Å². The van der Waals surface area contributed by atoms with E-state index in [0.717, 1.165) is 14.9 Å². The van der Waals surface area contributed by atoms with Crippen LogP contribution < -0.4 is 10.1 Å². The zero-order chi connectivity index (χ0) is 13.8. The maximum atomic E-state index is 8.87. The lowest BCUT2D eigenvalue weighted by atomic mass is 10.2. The van der Waals surface area contributed by atoms with Gasteiger partial charge in [-0.1, -0.05) is 11.6 Å². The molecule has 3 nitrogen and oxygen atoms in total. The quantitative estimate of drug-likeness (QED) is 0.905. The van der Waals surface area contributed by atoms with Gasteiger partial charge in [-0.3, -0.25) is 0 Å². The number of benzene rings is 1. The second-order valence-electron chi connectivity index (χ2n) is 4.03. The number of nitrogens with one attached hydrogen (secondary N) is 1. The van der Waals surface area contributed by atoms with E-state index in [2.05, 4.69) is 18.3 Å². The Kier molecular flexibility index (Phi) is 4.31. The van der Waals surface area contributed by atoms with Gasteiger partial charge in [0.15, 0.2) is 0 Å². The van der Waals surface area contributed by atoms with Gasteiger partial charge >= 0.3 is 0 Å². The number of nitrogens with zero attached hydrogens (tertiary/aromatic N) is 1. The van der Waals surface area contributed by atoms with Crippen molar-refractivity contribution < 1.29 is 4.74 Å². The first-order chi connectivity index (χ1) is 9.13. The number of hydrogen-bond donors (Lipinski definition) is 1. The van der Waals surface area contributed by atoms with Crippen LogP contribution in [0.5, 0.6) is 5.75 Å². The summed E-state index contributed by atoms with van der Waals surface area (Å²) in [5.41, 5.74) is 1.44. The average molecular weight is 293 g/mol. The summed E-state index contributed by atoms with van der Waals surface area (Å²) in [5, 5.41) is 12.2. The molecule has 0 saturated heterocycles. The van der Waals surface area contributed by atoms with Gasteiger partial charge in [0.05, 0.1) is 34.8 Å². The standard InChI is InChI=1S/C14H13ClN2OS/c1-9(13-5-6-14(15)19-13)17-11-4-3-10(8-16)7-12(11)18-2/h3-7,9,17H,1-2H3. The molecular formula is C14H13ClN2OS. The maximum absolute atomic E-state index is 8.87. The average Bonchev–Trinajstić information content (AvgIpc) is 2.86. The zero-order valence-electron chi connectivity index (χ0n) is 10.6. The molecule has 2 aromatic rings. The molecule has 1 heterocycles. The van der Waals surface area contributed by atoms with Crippen LogP contribution in [-0.4, -0.2) is 7.11 Å². The Bertz CT molecular complexity index is 618. The predicted octanol–water partition coefficient (Wildman–Crippen LogP) is 4.45. The van der Waals surface area contributed by atoms with Gasteiger partial charge in [-0.25, -0.2) is 0 Å². The van der Waals surface area contributed by atoms with Crippen LogP contribution in [0.2, 0.25) is 4.34 Å². The highest BCUT2D eigenvalue weighted by Crippen LogP contribution is 2.32. The highest BCUT2D eigenvalue weighted by molar-refractivity contribution is 7.16. The fourth-order valence-corrected chi connectivity index (χ4v) is 2.81. The van der Waals surface area contributed by atoms with Crippen molar-refractivity contribution >= 4 is 28.6 Å². The summed E-state index contributed by atoms with van der Waals surface area (Å²) < 4.78 is 6.07. The van der Waals surface area contributed by atoms with Gasteiger partial charge in [0.2, 0.25) is 0 Å². The highest BCUT2D eigenvalue weighted by atomic mass is 35.5. The number of rotatable bonds is 4. The van der Waals surface area contributed by atoms with E-state index in [-0.39, 0.29) is 6.04 Å². The van der Waals surface area contributed by atoms with Crippen molar-refractivity contribution in [2.24, 2.45) is 0 Å². The van der Waals surface area contributed by atoms with Gasteiger partial charge in [-0.2, -0.15) is 5.26 Å². The first kappa shape index (κ1) is 13.7. The summed E-state index contributed by atoms with van der Waals surface area (Å²) in [5.74, 6) is 0.661. The second kappa shape index (κ2) is 5.96. The lowest BCUT2D eigenvalue weighted by Crippen LogP contribution is -2.06. The van der Waals surface area contributed by atoms with Crippen LogP contribution in [0.3, 0.4) is 0 Å². The van der Waals surface area contributed by atoms with Gasteiger partial charge in [0.1, 0.15) is 5.75 Å². The number of ether oxygens (including phenoxy) is 1. The summed E-state index contributed by atoms with van der Waals surface area (Å²) in [4.78, 5) is 1.15. The third-order valence-corrected chi connectivity index (χ3v) is 4.14. The fraction of sp³-hybridized carbons (Fsp3) is 0.214. The van der Waals surface area contributed by atoms with E-state index in [1.54, 1.807) is 30.6 Å². The van der Waals surface area contributed by atoms with Crippen LogP contribution in [0.4, 0.5) is 5.69 Å². The number of hydrogen-bond acceptors (Lipinski definition) is 4. The summed E-state index contributed by atoms with van der Waals surface area (Å²) in [6.45, 7) is 2.06. The molecule has 0 aliphatic rings. The molecule has 0 aliphatic heterocycles. The molecule has 0 aliphatic carbocycles. The van der Waals surface area contributed by atoms with E-state index in [9.17, 15) is 0 Å². The largest absolute Gasteiger partial charge is 0.495 e. The van der Waals surface area contributed by atoms with Crippen molar-refractivity contribution in [2.45, 2.75) is 13.0 Å². The van der Waals surface area contributed by atoms with E-state index in [4.69, 9.17) is 21.6 Å². The predicted molar refractivity (Wildman–Crippen MR) is 79.1 cm³/mol. The van der Waals surface area contributed by atoms with Crippen molar-refractivity contribution in [3.05, 3.63) is 45.1 Å². The summed E-state index contributed by atoms with van der Waals surface area (Å²) in [7, 11) is 1.59. The van der Waals surface area contributed by atoms with Gasteiger partial charge in [0, 0.05) is 10.9 Å². The van der Waals surface area contributed by atoms with Gasteiger partial charge in [-0.05, 0) is 31.2 Å². The van der Waals surface area contributed by atoms with Gasteiger partial charge < -0.3 is 10.1 Å². The summed E-state index contributed by atoms with van der Waals surface area (Å²) in [6, 6.07) is 11.4. The molecule has 0 spiro atoms. The maximum Gasteiger partial charge on any atom is 0.143 e. The molecule has 98 valence electrons. The molecule has 5 heteroatoms. The molecular weight excluding hydrogens is 280 g/mol. The molecule has 19 heavy (non-hydrogen) atoms. The minimum absolute atomic E-state index is 0.124. The SMILES string of the molecule is COc1cc(C#N)ccc1NC(C)c1ccc(Cl)s1. The van der Waals surface area contributed by atoms with Gasteiger partial charge in [-0.15, -0.1) is 11.3 Å². The smallest absolute Gasteiger partial charge is 0.143 e. The van der Waals surface area contributed by atoms with Crippen molar-refractivity contribution in [1.82, 2.24) is 0 Å². The summed E-state index contributed by atoms with van der Waals surface area (Å²) >= 11 is 7.48. The topological polar surface area (TPSA) is 45.0 Å². The highest BCUT2D eigenvalue weighted by Gasteiger charge is 2.11. The van der Waals surface area contributed by atoms with Crippen molar-refractivity contribution in [3.8, 4) is 11.8 Å². The molecule has 1 unspecified atom stereocenters. The molecule has 0 fully saturated rings. The van der Waals surface area contributed by atoms with E-state index < -0.39 is 0 Å². The fourth-order valence-electron chi connectivity index (χ4n) is 1.75. The zero-order valence-corrected chi connectivity index (χ0v) is 12.2. The number of methoxy groups -OCH3 is 1. The van der Waals surface area contributed by atoms with Crippen molar-refractivity contribution in [1.29, 1.82) is 5.26 Å². The Morgan fingerprint density at radius 2 is 2.16 bits per heavy atom. The van der Waals surface area contributed by atoms with Gasteiger partial charge in [0.25, 0.3) is 0 Å². The Hall–Kier alpha value is -1.70. The van der Waals surface area contributed by atoms with Crippen molar-refractivity contribution in [3.63, 3.8) is 0 Å². The van der Waals surface area contributed by atoms with Crippen LogP contribution >= 0.6 is 22.9 Å². The van der Waals surface area contributed by atoms with E-state index in [1.165, 1.54) is 0 Å². The Labute approximate surface area is 121 Å². The summed E-state index contributed by atoms with van der Waals surface area (Å²) in [6.07, 6.45) is 0. The van der Waals surface area contributed by atoms with E-state index >= 15 is 0 Å². The molecule has 2 rings (SSSR count). The normalized spacial score (nSPS) is 11.7. The van der Waals surface area contributed by atoms with E-state index in [0.29, 0.717) is 11.3 Å². The lowest BCUT2D eigenvalue weighted by molar-refractivity contribution is 0.416. The Morgan fingerprint density at radius 3 is 2.74 bits per heavy atom. The third-order valence-electron chi connectivity index (χ3n) is 2.72. The van der Waals surface area contributed by atoms with E-state index in [1.807, 2.05) is 18.2 Å². The molecule has 0 bridgehead atoms. The first-order valence-corrected chi connectivity index (χ1v) is 6.93. The molecule has 1 aromatic heterocycles. The minimum Gasteiger partial charge on any atom is -0.495 e. The third kappa shape index (κ3) is 3.19. The Morgan fingerprint density at radius 1 is 1.37 bits per heavy atom. The number of thiophene rings is 1. The van der Waals surface area contributed by atoms with Crippen molar-refractivity contribution in [2.75, 3.05) is 12.4 Å². The first-order valence-electron chi connectivity index (χ1n) is 5.74. The van der Waals surface area contributed by atoms with Crippen LogP contribution in [0.25, 0.3) is 0 Å². The molecule has 0 saturated carbocycles. The monoisotopic (exact) mass is 292 g/mol. The van der Waals surface area contributed by atoms with Crippen LogP contribution in [-0.2, 0) is 0 Å². The lowest BCUT2D eigenvalue weighted by Gasteiger charge is -2.16. The number of halogens is 1. The molecule has 0 amide bonds. The second-order valence-corrected chi connectivity index (χ2v) is 5.78. The minimum atomic E-state index is 0.124. The van der Waals surface area contributed by atoms with Crippen LogP contribution in [0, 0.1) is 11.3 Å². The molecule has 1 atom stereocenters. The Balaban J connectivity index is 2.21. The molecule has 1 aromatic carbocycles. The number of anilines is 1. The van der Waals surface area contributed by atoms with Crippen LogP contribution in [0.15, 0.2) is 30.3 Å². The number of nitriles is 1.